The van der Waals surface area contributed by atoms with Crippen molar-refractivity contribution in [3.63, 3.8) is 0 Å². The van der Waals surface area contributed by atoms with Crippen LogP contribution in [0.1, 0.15) is 39.2 Å². The van der Waals surface area contributed by atoms with Gasteiger partial charge in [-0.2, -0.15) is 0 Å². The molecule has 0 aliphatic rings. The van der Waals surface area contributed by atoms with Gasteiger partial charge in [-0.15, -0.1) is 0 Å². The molecule has 1 N–H and O–H groups in total. The minimum atomic E-state index is -0.0673. The molecule has 3 heteroatoms. The summed E-state index contributed by atoms with van der Waals surface area (Å²) in [5, 5.41) is 3.38. The summed E-state index contributed by atoms with van der Waals surface area (Å²) in [6.45, 7) is 8.64. The summed E-state index contributed by atoms with van der Waals surface area (Å²) in [4.78, 5) is 11.7. The van der Waals surface area contributed by atoms with Crippen molar-refractivity contribution < 1.29 is 4.79 Å². The molecule has 0 amide bonds. The molecule has 0 saturated heterocycles. The number of hydrogen-bond acceptors (Lipinski definition) is 2. The maximum Gasteiger partial charge on any atom is 0.138 e. The Morgan fingerprint density at radius 1 is 1.29 bits per heavy atom. The van der Waals surface area contributed by atoms with Crippen molar-refractivity contribution in [1.82, 2.24) is 5.32 Å². The third kappa shape index (κ3) is 5.00. The lowest BCUT2D eigenvalue weighted by Crippen LogP contribution is -2.39. The fourth-order valence-corrected chi connectivity index (χ4v) is 1.86. The molecule has 0 saturated carbocycles. The van der Waals surface area contributed by atoms with Crippen molar-refractivity contribution in [1.29, 1.82) is 0 Å². The third-order valence-electron chi connectivity index (χ3n) is 2.60. The molecular formula is C14H20BrNO. The molecule has 0 fully saturated rings. The number of carbonyl (C=O) groups is 1. The summed E-state index contributed by atoms with van der Waals surface area (Å²) in [5.41, 5.74) is 1.10. The minimum Gasteiger partial charge on any atom is -0.311 e. The van der Waals surface area contributed by atoms with Gasteiger partial charge in [0, 0.05) is 16.6 Å². The van der Waals surface area contributed by atoms with Crippen LogP contribution in [0.3, 0.4) is 0 Å². The zero-order valence-corrected chi connectivity index (χ0v) is 12.5. The maximum absolute atomic E-state index is 11.7. The second kappa shape index (κ2) is 5.78. The molecule has 0 heterocycles. The molecule has 94 valence electrons. The van der Waals surface area contributed by atoms with E-state index < -0.39 is 0 Å². The first-order valence-electron chi connectivity index (χ1n) is 5.80. The highest BCUT2D eigenvalue weighted by molar-refractivity contribution is 9.10. The van der Waals surface area contributed by atoms with Crippen LogP contribution >= 0.6 is 15.9 Å². The summed E-state index contributed by atoms with van der Waals surface area (Å²) in [7, 11) is 0. The average molecular weight is 298 g/mol. The Morgan fingerprint density at radius 2 is 1.82 bits per heavy atom. The number of nitrogens with one attached hydrogen (secondary N) is 1. The van der Waals surface area contributed by atoms with Crippen LogP contribution in [0.4, 0.5) is 0 Å². The zero-order chi connectivity index (χ0) is 13.1. The SMILES string of the molecule is CC(=O)C(CNC(C)(C)C)c1ccc(Br)cc1. The van der Waals surface area contributed by atoms with Crippen LogP contribution in [-0.4, -0.2) is 17.9 Å². The van der Waals surface area contributed by atoms with E-state index in [-0.39, 0.29) is 17.2 Å². The highest BCUT2D eigenvalue weighted by Gasteiger charge is 2.19. The van der Waals surface area contributed by atoms with Gasteiger partial charge in [-0.05, 0) is 45.4 Å². The van der Waals surface area contributed by atoms with Gasteiger partial charge in [-0.3, -0.25) is 4.79 Å². The van der Waals surface area contributed by atoms with E-state index in [1.165, 1.54) is 0 Å². The molecule has 0 aromatic heterocycles. The standard InChI is InChI=1S/C14H20BrNO/c1-10(17)13(9-16-14(2,3)4)11-5-7-12(15)8-6-11/h5-8,13,16H,9H2,1-4H3. The van der Waals surface area contributed by atoms with Crippen molar-refractivity contribution in [2.45, 2.75) is 39.2 Å². The van der Waals surface area contributed by atoms with Gasteiger partial charge in [0.15, 0.2) is 0 Å². The van der Waals surface area contributed by atoms with Gasteiger partial charge >= 0.3 is 0 Å². The molecule has 17 heavy (non-hydrogen) atoms. The van der Waals surface area contributed by atoms with E-state index in [0.29, 0.717) is 6.54 Å². The van der Waals surface area contributed by atoms with Crippen LogP contribution in [0.5, 0.6) is 0 Å². The predicted octanol–water partition coefficient (Wildman–Crippen LogP) is 3.51. The summed E-state index contributed by atoms with van der Waals surface area (Å²) in [6, 6.07) is 7.95. The van der Waals surface area contributed by atoms with Gasteiger partial charge in [-0.25, -0.2) is 0 Å². The molecular weight excluding hydrogens is 278 g/mol. The van der Waals surface area contributed by atoms with E-state index in [9.17, 15) is 4.79 Å². The van der Waals surface area contributed by atoms with Crippen molar-refractivity contribution >= 4 is 21.7 Å². The third-order valence-corrected chi connectivity index (χ3v) is 3.13. The summed E-state index contributed by atoms with van der Waals surface area (Å²) >= 11 is 3.40. The molecule has 0 bridgehead atoms. The number of Topliss-reactive ketones (excluding diaryl/α,β-unsaturated/α-hetero) is 1. The van der Waals surface area contributed by atoms with Crippen LogP contribution in [-0.2, 0) is 4.79 Å². The van der Waals surface area contributed by atoms with Crippen molar-refractivity contribution in [2.24, 2.45) is 0 Å². The van der Waals surface area contributed by atoms with E-state index >= 15 is 0 Å². The van der Waals surface area contributed by atoms with Gasteiger partial charge in [0.1, 0.15) is 5.78 Å². The van der Waals surface area contributed by atoms with Crippen LogP contribution in [0.25, 0.3) is 0 Å². The van der Waals surface area contributed by atoms with E-state index in [1.54, 1.807) is 6.92 Å². The lowest BCUT2D eigenvalue weighted by molar-refractivity contribution is -0.118. The van der Waals surface area contributed by atoms with Crippen molar-refractivity contribution in [2.75, 3.05) is 6.54 Å². The van der Waals surface area contributed by atoms with Gasteiger partial charge < -0.3 is 5.32 Å². The minimum absolute atomic E-state index is 0.0308. The second-order valence-electron chi connectivity index (χ2n) is 5.35. The Balaban J connectivity index is 2.79. The van der Waals surface area contributed by atoms with Crippen molar-refractivity contribution in [3.8, 4) is 0 Å². The average Bonchev–Trinajstić information content (AvgIpc) is 2.18. The number of halogens is 1. The predicted molar refractivity (Wildman–Crippen MR) is 75.3 cm³/mol. The molecule has 1 aromatic rings. The molecule has 0 spiro atoms. The first-order valence-corrected chi connectivity index (χ1v) is 6.60. The highest BCUT2D eigenvalue weighted by Crippen LogP contribution is 2.20. The Kier molecular flexibility index (Phi) is 4.90. The Labute approximate surface area is 112 Å². The smallest absolute Gasteiger partial charge is 0.138 e. The normalized spacial score (nSPS) is 13.5. The Bertz CT molecular complexity index is 378. The topological polar surface area (TPSA) is 29.1 Å². The van der Waals surface area contributed by atoms with Crippen LogP contribution < -0.4 is 5.32 Å². The molecule has 1 aromatic carbocycles. The van der Waals surface area contributed by atoms with Crippen LogP contribution in [0, 0.1) is 0 Å². The van der Waals surface area contributed by atoms with Gasteiger partial charge in [0.25, 0.3) is 0 Å². The van der Waals surface area contributed by atoms with E-state index in [1.807, 2.05) is 24.3 Å². The fourth-order valence-electron chi connectivity index (χ4n) is 1.60. The molecule has 2 nitrogen and oxygen atoms in total. The maximum atomic E-state index is 11.7. The largest absolute Gasteiger partial charge is 0.311 e. The first-order chi connectivity index (χ1) is 7.79. The summed E-state index contributed by atoms with van der Waals surface area (Å²) in [5.74, 6) is 0.131. The molecule has 1 rings (SSSR count). The number of rotatable bonds is 4. The zero-order valence-electron chi connectivity index (χ0n) is 10.9. The van der Waals surface area contributed by atoms with E-state index in [4.69, 9.17) is 0 Å². The van der Waals surface area contributed by atoms with Crippen LogP contribution in [0.15, 0.2) is 28.7 Å². The quantitative estimate of drug-likeness (QED) is 0.921. The Hall–Kier alpha value is -0.670. The summed E-state index contributed by atoms with van der Waals surface area (Å²) < 4.78 is 1.03. The monoisotopic (exact) mass is 297 g/mol. The van der Waals surface area contributed by atoms with Gasteiger partial charge in [0.2, 0.25) is 0 Å². The lowest BCUT2D eigenvalue weighted by atomic mass is 9.94. The van der Waals surface area contributed by atoms with Gasteiger partial charge in [0.05, 0.1) is 5.92 Å². The van der Waals surface area contributed by atoms with Crippen molar-refractivity contribution in [3.05, 3.63) is 34.3 Å². The highest BCUT2D eigenvalue weighted by atomic mass is 79.9. The number of benzene rings is 1. The molecule has 0 radical (unpaired) electrons. The van der Waals surface area contributed by atoms with E-state index in [2.05, 4.69) is 42.0 Å². The summed E-state index contributed by atoms with van der Waals surface area (Å²) in [6.07, 6.45) is 0. The number of hydrogen-bond donors (Lipinski definition) is 1. The Morgan fingerprint density at radius 3 is 2.24 bits per heavy atom. The first kappa shape index (κ1) is 14.4. The van der Waals surface area contributed by atoms with Crippen LogP contribution in [0.2, 0.25) is 0 Å². The second-order valence-corrected chi connectivity index (χ2v) is 6.26. The molecule has 0 aliphatic heterocycles. The van der Waals surface area contributed by atoms with Gasteiger partial charge in [-0.1, -0.05) is 28.1 Å². The fraction of sp³-hybridized carbons (Fsp3) is 0.500. The molecule has 0 aliphatic carbocycles. The lowest BCUT2D eigenvalue weighted by Gasteiger charge is -2.24. The molecule has 1 atom stereocenters. The number of carbonyl (C=O) groups excluding carboxylic acids is 1. The number of ketones is 1. The molecule has 1 unspecified atom stereocenters. The van der Waals surface area contributed by atoms with E-state index in [0.717, 1.165) is 10.0 Å².